The normalized spacial score (nSPS) is 14.1. The molecular formula is C17H17F6O8S2-. The molecule has 1 aromatic rings. The molecule has 8 nitrogen and oxygen atoms in total. The van der Waals surface area contributed by atoms with Gasteiger partial charge in [-0.1, -0.05) is 20.8 Å². The molecule has 1 rings (SSSR count). The van der Waals surface area contributed by atoms with E-state index in [0.29, 0.717) is 18.6 Å². The zero-order valence-electron chi connectivity index (χ0n) is 17.1. The van der Waals surface area contributed by atoms with E-state index >= 15 is 0 Å². The van der Waals surface area contributed by atoms with Crippen LogP contribution in [0.5, 0.6) is 5.75 Å². The second-order valence-corrected chi connectivity index (χ2v) is 10.4. The summed E-state index contributed by atoms with van der Waals surface area (Å²) in [6, 6.07) is 2.62. The molecule has 0 atom stereocenters. The average molecular weight is 527 g/mol. The average Bonchev–Trinajstić information content (AvgIpc) is 2.66. The van der Waals surface area contributed by atoms with E-state index in [2.05, 4.69) is 4.18 Å². The van der Waals surface area contributed by atoms with Gasteiger partial charge in [0.2, 0.25) is 0 Å². The Balaban J connectivity index is 3.17. The van der Waals surface area contributed by atoms with E-state index in [-0.39, 0.29) is 5.56 Å². The van der Waals surface area contributed by atoms with Crippen molar-refractivity contribution in [3.05, 3.63) is 29.8 Å². The lowest BCUT2D eigenvalue weighted by Gasteiger charge is -2.32. The van der Waals surface area contributed by atoms with Crippen LogP contribution in [-0.4, -0.2) is 49.4 Å². The number of carbonyl (C=O) groups is 2. The van der Waals surface area contributed by atoms with Crippen molar-refractivity contribution in [3.8, 4) is 5.75 Å². The molecule has 16 heteroatoms. The lowest BCUT2D eigenvalue weighted by molar-refractivity contribution is -0.247. The van der Waals surface area contributed by atoms with Crippen molar-refractivity contribution in [1.82, 2.24) is 0 Å². The summed E-state index contributed by atoms with van der Waals surface area (Å²) < 4.78 is 138. The highest BCUT2D eigenvalue weighted by molar-refractivity contribution is 7.88. The van der Waals surface area contributed by atoms with Crippen LogP contribution in [-0.2, 0) is 25.0 Å². The van der Waals surface area contributed by atoms with Crippen LogP contribution in [0, 0.1) is 5.41 Å². The number of halogens is 6. The zero-order chi connectivity index (χ0) is 26.3. The molecule has 188 valence electrons. The van der Waals surface area contributed by atoms with Crippen LogP contribution in [0.15, 0.2) is 24.3 Å². The lowest BCUT2D eigenvalue weighted by atomic mass is 9.82. The highest BCUT2D eigenvalue weighted by Gasteiger charge is 2.81. The number of hydrogen-bond donors (Lipinski definition) is 0. The Morgan fingerprint density at radius 2 is 1.36 bits per heavy atom. The van der Waals surface area contributed by atoms with Gasteiger partial charge in [0, 0.05) is 11.0 Å². The third kappa shape index (κ3) is 5.32. The van der Waals surface area contributed by atoms with Crippen molar-refractivity contribution in [2.24, 2.45) is 5.41 Å². The van der Waals surface area contributed by atoms with Crippen LogP contribution < -0.4 is 4.18 Å². The van der Waals surface area contributed by atoms with Gasteiger partial charge >= 0.3 is 26.5 Å². The fourth-order valence-electron chi connectivity index (χ4n) is 2.04. The fourth-order valence-corrected chi connectivity index (χ4v) is 3.46. The van der Waals surface area contributed by atoms with Crippen LogP contribution >= 0.6 is 0 Å². The van der Waals surface area contributed by atoms with Gasteiger partial charge in [0.25, 0.3) is 0 Å². The molecule has 0 saturated heterocycles. The number of rotatable bonds is 11. The van der Waals surface area contributed by atoms with E-state index in [9.17, 15) is 57.3 Å². The molecule has 0 bridgehead atoms. The molecule has 0 aliphatic heterocycles. The molecule has 0 spiro atoms. The van der Waals surface area contributed by atoms with Crippen LogP contribution in [0.1, 0.15) is 44.0 Å². The number of hydrogen-bond acceptors (Lipinski definition) is 8. The number of benzene rings is 1. The van der Waals surface area contributed by atoms with Gasteiger partial charge in [-0.05, 0) is 30.7 Å². The SMILES string of the molecule is CCC(C)(C)C(=O)CC(=O)c1ccc(OS(=O)(=O)C(F)(F)C(F)(F)C(F)(F)S(=O)(=O)[O-])cc1. The van der Waals surface area contributed by atoms with Crippen molar-refractivity contribution in [1.29, 1.82) is 0 Å². The van der Waals surface area contributed by atoms with Crippen LogP contribution in [0.4, 0.5) is 26.3 Å². The van der Waals surface area contributed by atoms with Crippen molar-refractivity contribution >= 4 is 31.8 Å². The van der Waals surface area contributed by atoms with Gasteiger partial charge in [0.15, 0.2) is 15.9 Å². The summed E-state index contributed by atoms with van der Waals surface area (Å²) in [7, 11) is -14.4. The standard InChI is InChI=1S/C17H18F6O8S2/c1-4-14(2,3)13(25)9-12(24)10-5-7-11(8-6-10)31-33(29,30)17(22,23)15(18,19)16(20,21)32(26,27)28/h5-8H,4,9H2,1-3H3,(H,26,27,28)/p-1. The quantitative estimate of drug-likeness (QED) is 0.141. The molecule has 0 N–H and O–H groups in total. The van der Waals surface area contributed by atoms with Gasteiger partial charge in [-0.3, -0.25) is 9.59 Å². The predicted octanol–water partition coefficient (Wildman–Crippen LogP) is 3.34. The third-order valence-corrected chi connectivity index (χ3v) is 6.88. The van der Waals surface area contributed by atoms with Crippen molar-refractivity contribution in [3.63, 3.8) is 0 Å². The van der Waals surface area contributed by atoms with E-state index in [0.717, 1.165) is 12.1 Å². The maximum atomic E-state index is 13.7. The minimum atomic E-state index is -7.41. The topological polar surface area (TPSA) is 135 Å². The van der Waals surface area contributed by atoms with Crippen LogP contribution in [0.25, 0.3) is 0 Å². The lowest BCUT2D eigenvalue weighted by Crippen LogP contribution is -2.61. The van der Waals surface area contributed by atoms with Crippen LogP contribution in [0.3, 0.4) is 0 Å². The maximum absolute atomic E-state index is 13.7. The Kier molecular flexibility index (Phi) is 7.75. The van der Waals surface area contributed by atoms with Gasteiger partial charge < -0.3 is 8.74 Å². The first-order valence-corrected chi connectivity index (χ1v) is 11.6. The summed E-state index contributed by atoms with van der Waals surface area (Å²) in [5.41, 5.74) is -1.05. The Morgan fingerprint density at radius 1 is 0.909 bits per heavy atom. The third-order valence-electron chi connectivity index (χ3n) is 4.70. The highest BCUT2D eigenvalue weighted by atomic mass is 32.2. The summed E-state index contributed by atoms with van der Waals surface area (Å²) in [6.45, 7) is 4.88. The molecule has 0 aromatic heterocycles. The van der Waals surface area contributed by atoms with E-state index in [1.807, 2.05) is 0 Å². The Hall–Kier alpha value is -2.20. The van der Waals surface area contributed by atoms with Crippen molar-refractivity contribution < 1.29 is 61.5 Å². The highest BCUT2D eigenvalue weighted by Crippen LogP contribution is 2.50. The van der Waals surface area contributed by atoms with Crippen molar-refractivity contribution in [2.75, 3.05) is 0 Å². The molecule has 0 unspecified atom stereocenters. The minimum absolute atomic E-state index is 0.221. The molecule has 0 saturated carbocycles. The van der Waals surface area contributed by atoms with E-state index in [1.54, 1.807) is 20.8 Å². The second kappa shape index (κ2) is 8.87. The molecule has 0 fully saturated rings. The van der Waals surface area contributed by atoms with Gasteiger partial charge in [-0.15, -0.1) is 0 Å². The predicted molar refractivity (Wildman–Crippen MR) is 98.6 cm³/mol. The van der Waals surface area contributed by atoms with Gasteiger partial charge in [-0.25, -0.2) is 8.42 Å². The summed E-state index contributed by atoms with van der Waals surface area (Å²) in [6.07, 6.45) is -0.155. The largest absolute Gasteiger partial charge is 0.743 e. The minimum Gasteiger partial charge on any atom is -0.743 e. The first-order valence-electron chi connectivity index (χ1n) is 8.74. The molecule has 0 aliphatic carbocycles. The molecule has 33 heavy (non-hydrogen) atoms. The second-order valence-electron chi connectivity index (χ2n) is 7.38. The Morgan fingerprint density at radius 3 is 1.76 bits per heavy atom. The summed E-state index contributed by atoms with van der Waals surface area (Å²) in [5, 5.41) is -13.9. The maximum Gasteiger partial charge on any atom is 0.450 e. The first-order chi connectivity index (χ1) is 14.5. The van der Waals surface area contributed by atoms with E-state index < -0.39 is 65.8 Å². The van der Waals surface area contributed by atoms with Crippen LogP contribution in [0.2, 0.25) is 0 Å². The number of carbonyl (C=O) groups excluding carboxylic acids is 2. The summed E-state index contributed by atoms with van der Waals surface area (Å²) >= 11 is 0. The molecule has 0 heterocycles. The number of alkyl halides is 6. The van der Waals surface area contributed by atoms with Gasteiger partial charge in [0.1, 0.15) is 11.5 Å². The van der Waals surface area contributed by atoms with Gasteiger partial charge in [-0.2, -0.15) is 34.8 Å². The van der Waals surface area contributed by atoms with Crippen molar-refractivity contribution in [2.45, 2.75) is 50.0 Å². The molecular weight excluding hydrogens is 510 g/mol. The fraction of sp³-hybridized carbons (Fsp3) is 0.529. The van der Waals surface area contributed by atoms with Gasteiger partial charge in [0.05, 0.1) is 6.42 Å². The molecule has 1 aromatic carbocycles. The molecule has 0 amide bonds. The summed E-state index contributed by atoms with van der Waals surface area (Å²) in [4.78, 5) is 24.2. The number of ketones is 2. The monoisotopic (exact) mass is 527 g/mol. The Labute approximate surface area is 184 Å². The zero-order valence-corrected chi connectivity index (χ0v) is 18.7. The smallest absolute Gasteiger partial charge is 0.450 e. The molecule has 0 aliphatic rings. The number of Topliss-reactive ketones (excluding diaryl/α,β-unsaturated/α-hetero) is 2. The summed E-state index contributed by atoms with van der Waals surface area (Å²) in [5.74, 6) is -9.54. The Bertz CT molecular complexity index is 1130. The van der Waals surface area contributed by atoms with E-state index in [1.165, 1.54) is 0 Å². The first kappa shape index (κ1) is 28.8. The molecule has 0 radical (unpaired) electrons. The van der Waals surface area contributed by atoms with E-state index in [4.69, 9.17) is 0 Å².